The molecule has 60 valence electrons. The van der Waals surface area contributed by atoms with E-state index in [1.165, 1.54) is 5.56 Å². The van der Waals surface area contributed by atoms with E-state index in [1.54, 1.807) is 0 Å². The number of hydrogen-bond donors (Lipinski definition) is 1. The summed E-state index contributed by atoms with van der Waals surface area (Å²) in [6.07, 6.45) is 0.765. The lowest BCUT2D eigenvalue weighted by atomic mass is 10.2. The van der Waals surface area contributed by atoms with Gasteiger partial charge in [0.25, 0.3) is 0 Å². The van der Waals surface area contributed by atoms with Gasteiger partial charge in [-0.2, -0.15) is 0 Å². The lowest BCUT2D eigenvalue weighted by Crippen LogP contribution is -1.88. The summed E-state index contributed by atoms with van der Waals surface area (Å²) in [5, 5.41) is 8.52. The SMILES string of the molecule is C=C.OCCc1ccccc1. The third-order valence-corrected chi connectivity index (χ3v) is 1.24. The molecule has 0 heterocycles. The van der Waals surface area contributed by atoms with E-state index in [2.05, 4.69) is 13.2 Å². The highest BCUT2D eigenvalue weighted by molar-refractivity contribution is 5.14. The van der Waals surface area contributed by atoms with Crippen molar-refractivity contribution in [3.8, 4) is 0 Å². The molecular formula is C10H14O. The standard InChI is InChI=1S/C8H10O.C2H4/c9-7-6-8-4-2-1-3-5-8;1-2/h1-5,9H,6-7H2;1-2H2. The van der Waals surface area contributed by atoms with Crippen molar-refractivity contribution in [1.82, 2.24) is 0 Å². The highest BCUT2D eigenvalue weighted by Crippen LogP contribution is 1.97. The molecule has 0 aliphatic rings. The molecule has 0 atom stereocenters. The van der Waals surface area contributed by atoms with Gasteiger partial charge < -0.3 is 5.11 Å². The Labute approximate surface area is 68.0 Å². The maximum Gasteiger partial charge on any atom is 0.0471 e. The van der Waals surface area contributed by atoms with E-state index in [0.29, 0.717) is 0 Å². The molecule has 0 bridgehead atoms. The zero-order valence-electron chi connectivity index (χ0n) is 6.66. The molecule has 1 N–H and O–H groups in total. The molecule has 0 radical (unpaired) electrons. The smallest absolute Gasteiger partial charge is 0.0471 e. The summed E-state index contributed by atoms with van der Waals surface area (Å²) in [4.78, 5) is 0. The molecule has 0 aliphatic carbocycles. The van der Waals surface area contributed by atoms with Crippen LogP contribution in [0, 0.1) is 0 Å². The minimum Gasteiger partial charge on any atom is -0.396 e. The molecule has 1 aromatic rings. The van der Waals surface area contributed by atoms with Crippen LogP contribution < -0.4 is 0 Å². The quantitative estimate of drug-likeness (QED) is 0.639. The van der Waals surface area contributed by atoms with Gasteiger partial charge in [0.1, 0.15) is 0 Å². The average Bonchev–Trinajstić information content (AvgIpc) is 2.11. The van der Waals surface area contributed by atoms with Crippen molar-refractivity contribution < 1.29 is 5.11 Å². The molecule has 11 heavy (non-hydrogen) atoms. The lowest BCUT2D eigenvalue weighted by Gasteiger charge is -1.93. The van der Waals surface area contributed by atoms with E-state index in [-0.39, 0.29) is 6.61 Å². The third-order valence-electron chi connectivity index (χ3n) is 1.24. The van der Waals surface area contributed by atoms with Gasteiger partial charge in [0.05, 0.1) is 0 Å². The lowest BCUT2D eigenvalue weighted by molar-refractivity contribution is 0.299. The van der Waals surface area contributed by atoms with Crippen LogP contribution in [0.25, 0.3) is 0 Å². The van der Waals surface area contributed by atoms with E-state index >= 15 is 0 Å². The van der Waals surface area contributed by atoms with Crippen LogP contribution in [0.4, 0.5) is 0 Å². The Bertz CT molecular complexity index is 169. The van der Waals surface area contributed by atoms with E-state index in [0.717, 1.165) is 6.42 Å². The van der Waals surface area contributed by atoms with Crippen molar-refractivity contribution in [2.75, 3.05) is 6.61 Å². The van der Waals surface area contributed by atoms with Crippen LogP contribution in [0.5, 0.6) is 0 Å². The molecule has 0 spiro atoms. The first-order valence-electron chi connectivity index (χ1n) is 3.58. The van der Waals surface area contributed by atoms with Gasteiger partial charge in [-0.05, 0) is 12.0 Å². The van der Waals surface area contributed by atoms with E-state index in [1.807, 2.05) is 30.3 Å². The maximum atomic E-state index is 8.52. The molecule has 0 unspecified atom stereocenters. The van der Waals surface area contributed by atoms with Gasteiger partial charge in [-0.3, -0.25) is 0 Å². The summed E-state index contributed by atoms with van der Waals surface area (Å²) in [6.45, 7) is 6.24. The molecule has 0 aromatic heterocycles. The Morgan fingerprint density at radius 2 is 1.64 bits per heavy atom. The second-order valence-corrected chi connectivity index (χ2v) is 1.96. The van der Waals surface area contributed by atoms with E-state index in [4.69, 9.17) is 5.11 Å². The van der Waals surface area contributed by atoms with Gasteiger partial charge in [-0.15, -0.1) is 13.2 Å². The summed E-state index contributed by atoms with van der Waals surface area (Å²) in [5.74, 6) is 0. The van der Waals surface area contributed by atoms with Crippen molar-refractivity contribution in [3.05, 3.63) is 49.1 Å². The van der Waals surface area contributed by atoms with Crippen LogP contribution in [0.2, 0.25) is 0 Å². The van der Waals surface area contributed by atoms with Crippen molar-refractivity contribution in [2.24, 2.45) is 0 Å². The Morgan fingerprint density at radius 3 is 2.09 bits per heavy atom. The number of aliphatic hydroxyl groups is 1. The van der Waals surface area contributed by atoms with Crippen LogP contribution >= 0.6 is 0 Å². The minimum absolute atomic E-state index is 0.240. The van der Waals surface area contributed by atoms with Crippen molar-refractivity contribution >= 4 is 0 Å². The first-order chi connectivity index (χ1) is 5.43. The monoisotopic (exact) mass is 150 g/mol. The Balaban J connectivity index is 0.000000461. The van der Waals surface area contributed by atoms with Gasteiger partial charge in [0.15, 0.2) is 0 Å². The normalized spacial score (nSPS) is 8.09. The zero-order valence-corrected chi connectivity index (χ0v) is 6.66. The first-order valence-corrected chi connectivity index (χ1v) is 3.58. The number of hydrogen-bond acceptors (Lipinski definition) is 1. The summed E-state index contributed by atoms with van der Waals surface area (Å²) < 4.78 is 0. The number of benzene rings is 1. The minimum atomic E-state index is 0.240. The van der Waals surface area contributed by atoms with E-state index in [9.17, 15) is 0 Å². The summed E-state index contributed by atoms with van der Waals surface area (Å²) in [5.41, 5.74) is 1.19. The van der Waals surface area contributed by atoms with E-state index < -0.39 is 0 Å². The Kier molecular flexibility index (Phi) is 6.34. The summed E-state index contributed by atoms with van der Waals surface area (Å²) in [6, 6.07) is 9.95. The van der Waals surface area contributed by atoms with Crippen LogP contribution in [0.1, 0.15) is 5.56 Å². The highest BCUT2D eigenvalue weighted by Gasteiger charge is 1.85. The predicted molar refractivity (Wildman–Crippen MR) is 48.5 cm³/mol. The zero-order chi connectivity index (χ0) is 8.53. The molecule has 0 saturated carbocycles. The van der Waals surface area contributed by atoms with Crippen LogP contribution in [-0.4, -0.2) is 11.7 Å². The molecule has 1 aromatic carbocycles. The topological polar surface area (TPSA) is 20.2 Å². The maximum absolute atomic E-state index is 8.52. The molecule has 0 amide bonds. The largest absolute Gasteiger partial charge is 0.396 e. The van der Waals surface area contributed by atoms with Crippen molar-refractivity contribution in [3.63, 3.8) is 0 Å². The molecule has 1 rings (SSSR count). The van der Waals surface area contributed by atoms with Crippen molar-refractivity contribution in [1.29, 1.82) is 0 Å². The van der Waals surface area contributed by atoms with Gasteiger partial charge in [-0.1, -0.05) is 30.3 Å². The number of rotatable bonds is 2. The molecule has 1 heteroatoms. The molecule has 0 fully saturated rings. The predicted octanol–water partition coefficient (Wildman–Crippen LogP) is 2.02. The third kappa shape index (κ3) is 4.34. The fourth-order valence-corrected chi connectivity index (χ4v) is 0.774. The van der Waals surface area contributed by atoms with Gasteiger partial charge in [0.2, 0.25) is 0 Å². The Hall–Kier alpha value is -1.08. The highest BCUT2D eigenvalue weighted by atomic mass is 16.2. The fraction of sp³-hybridized carbons (Fsp3) is 0.200. The fourth-order valence-electron chi connectivity index (χ4n) is 0.774. The van der Waals surface area contributed by atoms with Gasteiger partial charge in [-0.25, -0.2) is 0 Å². The second kappa shape index (κ2) is 7.03. The number of aliphatic hydroxyl groups excluding tert-OH is 1. The average molecular weight is 150 g/mol. The first kappa shape index (κ1) is 9.92. The summed E-state index contributed by atoms with van der Waals surface area (Å²) in [7, 11) is 0. The van der Waals surface area contributed by atoms with Crippen LogP contribution in [0.15, 0.2) is 43.5 Å². The van der Waals surface area contributed by atoms with Crippen LogP contribution in [0.3, 0.4) is 0 Å². The van der Waals surface area contributed by atoms with Gasteiger partial charge >= 0.3 is 0 Å². The molecule has 1 nitrogen and oxygen atoms in total. The van der Waals surface area contributed by atoms with Crippen molar-refractivity contribution in [2.45, 2.75) is 6.42 Å². The molecule has 0 saturated heterocycles. The van der Waals surface area contributed by atoms with Crippen LogP contribution in [-0.2, 0) is 6.42 Å². The van der Waals surface area contributed by atoms with Gasteiger partial charge in [0, 0.05) is 6.61 Å². The second-order valence-electron chi connectivity index (χ2n) is 1.96. The molecule has 0 aliphatic heterocycles. The Morgan fingerprint density at radius 1 is 1.09 bits per heavy atom. The molecular weight excluding hydrogens is 136 g/mol. The summed E-state index contributed by atoms with van der Waals surface area (Å²) >= 11 is 0.